The van der Waals surface area contributed by atoms with E-state index in [1.165, 1.54) is 4.57 Å². The predicted octanol–water partition coefficient (Wildman–Crippen LogP) is 2.38. The lowest BCUT2D eigenvalue weighted by Gasteiger charge is -2.05. The molecular weight excluding hydrogens is 284 g/mol. The second-order valence-electron chi connectivity index (χ2n) is 5.16. The molecule has 1 heterocycles. The highest BCUT2D eigenvalue weighted by Crippen LogP contribution is 2.22. The van der Waals surface area contributed by atoms with E-state index in [-0.39, 0.29) is 6.42 Å². The first-order valence-electron chi connectivity index (χ1n) is 7.29. The molecule has 0 spiro atoms. The minimum absolute atomic E-state index is 0.158. The highest BCUT2D eigenvalue weighted by Gasteiger charge is 2.19. The molecule has 6 nitrogen and oxygen atoms in total. The fraction of sp³-hybridized carbons (Fsp3) is 0.375. The number of nitrogens with zero attached hydrogens (tertiary/aromatic N) is 1. The summed E-state index contributed by atoms with van der Waals surface area (Å²) in [7, 11) is 0. The molecule has 3 N–H and O–H groups in total. The maximum Gasteiger partial charge on any atom is 0.418 e. The summed E-state index contributed by atoms with van der Waals surface area (Å²) in [5.41, 5.74) is 7.01. The topological polar surface area (TPSA) is 94.5 Å². The first-order chi connectivity index (χ1) is 10.5. The summed E-state index contributed by atoms with van der Waals surface area (Å²) >= 11 is 0. The molecule has 0 aliphatic heterocycles. The molecule has 0 aliphatic rings. The molecule has 118 valence electrons. The van der Waals surface area contributed by atoms with Gasteiger partial charge in [0.1, 0.15) is 6.04 Å². The quantitative estimate of drug-likeness (QED) is 0.799. The number of hydrogen-bond acceptors (Lipinski definition) is 4. The Kier molecular flexibility index (Phi) is 5.16. The van der Waals surface area contributed by atoms with E-state index in [1.54, 1.807) is 12.3 Å². The third-order valence-electron chi connectivity index (χ3n) is 3.47. The summed E-state index contributed by atoms with van der Waals surface area (Å²) in [4.78, 5) is 23.1. The number of nitrogens with two attached hydrogens (primary N) is 1. The molecule has 22 heavy (non-hydrogen) atoms. The third kappa shape index (κ3) is 3.46. The van der Waals surface area contributed by atoms with E-state index in [0.717, 1.165) is 23.8 Å². The number of rotatable bonds is 6. The van der Waals surface area contributed by atoms with Gasteiger partial charge in [-0.1, -0.05) is 31.5 Å². The molecule has 1 aromatic heterocycles. The molecule has 0 radical (unpaired) electrons. The first kappa shape index (κ1) is 16.0. The second-order valence-corrected chi connectivity index (χ2v) is 5.16. The molecule has 0 bridgehead atoms. The molecule has 0 saturated carbocycles. The fourth-order valence-corrected chi connectivity index (χ4v) is 2.26. The standard InChI is InChI=1S/C16H20N2O4/c1-2-3-8-22-16(21)18-10-11(9-13(17)15(19)20)12-6-4-5-7-14(12)18/h4-7,10,13H,2-3,8-9,17H2,1H3,(H,19,20)/t13-/m1/s1. The lowest BCUT2D eigenvalue weighted by molar-refractivity contribution is -0.138. The van der Waals surface area contributed by atoms with Crippen LogP contribution in [0, 0.1) is 0 Å². The van der Waals surface area contributed by atoms with Gasteiger partial charge in [0.15, 0.2) is 0 Å². The molecule has 1 atom stereocenters. The number of aliphatic carboxylic acids is 1. The molecule has 0 unspecified atom stereocenters. The van der Waals surface area contributed by atoms with Crippen LogP contribution >= 0.6 is 0 Å². The van der Waals surface area contributed by atoms with Crippen LogP contribution in [-0.4, -0.2) is 34.4 Å². The molecule has 1 aromatic carbocycles. The lowest BCUT2D eigenvalue weighted by Crippen LogP contribution is -2.32. The average Bonchev–Trinajstić information content (AvgIpc) is 2.86. The van der Waals surface area contributed by atoms with Crippen LogP contribution in [0.1, 0.15) is 25.3 Å². The van der Waals surface area contributed by atoms with Crippen molar-refractivity contribution in [2.45, 2.75) is 32.2 Å². The number of carbonyl (C=O) groups is 2. The molecule has 0 aliphatic carbocycles. The van der Waals surface area contributed by atoms with Gasteiger partial charge in [-0.2, -0.15) is 0 Å². The minimum Gasteiger partial charge on any atom is -0.480 e. The van der Waals surface area contributed by atoms with Gasteiger partial charge in [0.05, 0.1) is 12.1 Å². The van der Waals surface area contributed by atoms with Gasteiger partial charge >= 0.3 is 12.1 Å². The third-order valence-corrected chi connectivity index (χ3v) is 3.47. The number of para-hydroxylation sites is 1. The monoisotopic (exact) mass is 304 g/mol. The van der Waals surface area contributed by atoms with Crippen LogP contribution in [0.15, 0.2) is 30.5 Å². The van der Waals surface area contributed by atoms with Crippen molar-refractivity contribution in [1.29, 1.82) is 0 Å². The lowest BCUT2D eigenvalue weighted by atomic mass is 10.1. The predicted molar refractivity (Wildman–Crippen MR) is 82.9 cm³/mol. The fourth-order valence-electron chi connectivity index (χ4n) is 2.26. The van der Waals surface area contributed by atoms with Gasteiger partial charge in [-0.3, -0.25) is 9.36 Å². The number of benzene rings is 1. The molecule has 0 saturated heterocycles. The van der Waals surface area contributed by atoms with Crippen LogP contribution in [0.5, 0.6) is 0 Å². The zero-order chi connectivity index (χ0) is 16.1. The van der Waals surface area contributed by atoms with Crippen LogP contribution in [-0.2, 0) is 16.0 Å². The number of ether oxygens (including phenoxy) is 1. The van der Waals surface area contributed by atoms with E-state index >= 15 is 0 Å². The van der Waals surface area contributed by atoms with Crippen molar-refractivity contribution in [1.82, 2.24) is 4.57 Å². The minimum atomic E-state index is -1.07. The van der Waals surface area contributed by atoms with E-state index in [4.69, 9.17) is 15.6 Å². The molecule has 2 rings (SSSR count). The SMILES string of the molecule is CCCCOC(=O)n1cc(C[C@@H](N)C(=O)O)c2ccccc21. The van der Waals surface area contributed by atoms with Crippen LogP contribution in [0.4, 0.5) is 4.79 Å². The van der Waals surface area contributed by atoms with Crippen molar-refractivity contribution in [2.75, 3.05) is 6.61 Å². The van der Waals surface area contributed by atoms with Crippen molar-refractivity contribution in [2.24, 2.45) is 5.73 Å². The van der Waals surface area contributed by atoms with Crippen molar-refractivity contribution in [3.8, 4) is 0 Å². The molecule has 0 fully saturated rings. The number of fused-ring (bicyclic) bond motifs is 1. The number of unbranched alkanes of at least 4 members (excludes halogenated alkanes) is 1. The molecular formula is C16H20N2O4. The van der Waals surface area contributed by atoms with Gasteiger partial charge in [0.25, 0.3) is 0 Å². The number of aromatic nitrogens is 1. The van der Waals surface area contributed by atoms with Gasteiger partial charge in [-0.15, -0.1) is 0 Å². The van der Waals surface area contributed by atoms with Gasteiger partial charge in [0, 0.05) is 18.0 Å². The number of carboxylic acid groups (broad SMARTS) is 1. The summed E-state index contributed by atoms with van der Waals surface area (Å²) in [6, 6.07) is 6.29. The normalized spacial score (nSPS) is 12.3. The molecule has 6 heteroatoms. The Morgan fingerprint density at radius 1 is 1.36 bits per heavy atom. The van der Waals surface area contributed by atoms with Crippen molar-refractivity contribution in [3.05, 3.63) is 36.0 Å². The van der Waals surface area contributed by atoms with Crippen molar-refractivity contribution in [3.63, 3.8) is 0 Å². The largest absolute Gasteiger partial charge is 0.480 e. The first-order valence-corrected chi connectivity index (χ1v) is 7.29. The van der Waals surface area contributed by atoms with E-state index in [0.29, 0.717) is 12.1 Å². The number of carbonyl (C=O) groups excluding carboxylic acids is 1. The van der Waals surface area contributed by atoms with Crippen LogP contribution in [0.25, 0.3) is 10.9 Å². The smallest absolute Gasteiger partial charge is 0.418 e. The maximum absolute atomic E-state index is 12.2. The summed E-state index contributed by atoms with van der Waals surface area (Å²) in [5.74, 6) is -1.07. The molecule has 2 aromatic rings. The Hall–Kier alpha value is -2.34. The molecule has 0 amide bonds. The highest BCUT2D eigenvalue weighted by molar-refractivity contribution is 5.92. The Balaban J connectivity index is 2.31. The summed E-state index contributed by atoms with van der Waals surface area (Å²) in [5, 5.41) is 9.76. The zero-order valence-electron chi connectivity index (χ0n) is 12.5. The van der Waals surface area contributed by atoms with Gasteiger partial charge < -0.3 is 15.6 Å². The van der Waals surface area contributed by atoms with E-state index in [2.05, 4.69) is 0 Å². The van der Waals surface area contributed by atoms with Crippen LogP contribution in [0.3, 0.4) is 0 Å². The zero-order valence-corrected chi connectivity index (χ0v) is 12.5. The van der Waals surface area contributed by atoms with Gasteiger partial charge in [-0.05, 0) is 18.1 Å². The van der Waals surface area contributed by atoms with Gasteiger partial charge in [0.2, 0.25) is 0 Å². The van der Waals surface area contributed by atoms with Crippen molar-refractivity contribution >= 4 is 23.0 Å². The summed E-state index contributed by atoms with van der Waals surface area (Å²) < 4.78 is 6.63. The summed E-state index contributed by atoms with van der Waals surface area (Å²) in [6.45, 7) is 2.39. The van der Waals surface area contributed by atoms with E-state index in [1.807, 2.05) is 25.1 Å². The Labute approximate surface area is 128 Å². The highest BCUT2D eigenvalue weighted by atomic mass is 16.5. The summed E-state index contributed by atoms with van der Waals surface area (Å²) in [6.07, 6.45) is 3.06. The Bertz CT molecular complexity index is 678. The average molecular weight is 304 g/mol. The maximum atomic E-state index is 12.2. The number of hydrogen-bond donors (Lipinski definition) is 2. The van der Waals surface area contributed by atoms with Crippen LogP contribution in [0.2, 0.25) is 0 Å². The Morgan fingerprint density at radius 2 is 2.09 bits per heavy atom. The second kappa shape index (κ2) is 7.09. The Morgan fingerprint density at radius 3 is 2.77 bits per heavy atom. The van der Waals surface area contributed by atoms with Crippen LogP contribution < -0.4 is 5.73 Å². The number of carboxylic acids is 1. The van der Waals surface area contributed by atoms with E-state index < -0.39 is 18.1 Å². The van der Waals surface area contributed by atoms with Crippen molar-refractivity contribution < 1.29 is 19.4 Å². The van der Waals surface area contributed by atoms with Gasteiger partial charge in [-0.25, -0.2) is 4.79 Å². The van der Waals surface area contributed by atoms with E-state index in [9.17, 15) is 9.59 Å².